The number of ketones is 1. The maximum Gasteiger partial charge on any atom is 0.326 e. The molecule has 1 aliphatic rings. The zero-order valence-corrected chi connectivity index (χ0v) is 33.7. The molecule has 1 aromatic rings. The van der Waals surface area contributed by atoms with Crippen LogP contribution in [0, 0.1) is 35.4 Å². The summed E-state index contributed by atoms with van der Waals surface area (Å²) < 4.78 is 25.6. The van der Waals surface area contributed by atoms with E-state index in [9.17, 15) is 33.5 Å². The maximum absolute atomic E-state index is 14.2. The summed E-state index contributed by atoms with van der Waals surface area (Å²) in [5.41, 5.74) is 0.429. The highest BCUT2D eigenvalue weighted by Crippen LogP contribution is 2.31. The number of hydrogen-bond donors (Lipinski definition) is 3. The van der Waals surface area contributed by atoms with Gasteiger partial charge in [0.15, 0.2) is 5.78 Å². The number of carboxylic acids is 1. The van der Waals surface area contributed by atoms with Crippen molar-refractivity contribution in [1.82, 2.24) is 20.4 Å². The van der Waals surface area contributed by atoms with Crippen molar-refractivity contribution in [3.8, 4) is 0 Å². The van der Waals surface area contributed by atoms with E-state index >= 15 is 0 Å². The van der Waals surface area contributed by atoms with Gasteiger partial charge < -0.3 is 35.0 Å². The molecule has 0 bridgehead atoms. The number of halogens is 1. The van der Waals surface area contributed by atoms with Crippen LogP contribution in [0.25, 0.3) is 0 Å². The smallest absolute Gasteiger partial charge is 0.326 e. The number of hydrogen-bond acceptors (Lipinski definition) is 8. The molecular weight excluding hydrogens is 683 g/mol. The van der Waals surface area contributed by atoms with Gasteiger partial charge in [-0.2, -0.15) is 0 Å². The van der Waals surface area contributed by atoms with E-state index in [2.05, 4.69) is 10.6 Å². The molecule has 1 aromatic carbocycles. The molecule has 1 fully saturated rings. The Kier molecular flexibility index (Phi) is 18.5. The van der Waals surface area contributed by atoms with Crippen LogP contribution in [0.15, 0.2) is 24.3 Å². The molecule has 3 N–H and O–H groups in total. The van der Waals surface area contributed by atoms with Gasteiger partial charge in [-0.1, -0.05) is 67.0 Å². The number of methoxy groups -OCH3 is 2. The molecule has 0 spiro atoms. The number of amides is 3. The third kappa shape index (κ3) is 12.3. The zero-order chi connectivity index (χ0) is 40.2. The SMILES string of the molecule is CC[C@H](C)[C@@H]([C@@H](CC(=O)N1CCC[C@H]1[C@H](OC)[C@@H](C)C(=O)N[C@@H](Cc1cccc(F)c1)C(=O)O)OC)N(C)C(=O)[C@@H](CC(=O)[C@@H](NC)C(C)C)C(C)C. The van der Waals surface area contributed by atoms with Gasteiger partial charge in [-0.05, 0) is 55.3 Å². The van der Waals surface area contributed by atoms with Crippen molar-refractivity contribution >= 4 is 29.5 Å². The molecule has 13 heteroatoms. The molecule has 12 nitrogen and oxygen atoms in total. The Hall–Kier alpha value is -3.42. The largest absolute Gasteiger partial charge is 0.480 e. The molecule has 1 aliphatic heterocycles. The Morgan fingerprint density at radius 1 is 1.02 bits per heavy atom. The predicted molar refractivity (Wildman–Crippen MR) is 201 cm³/mol. The quantitative estimate of drug-likeness (QED) is 0.157. The minimum atomic E-state index is -1.29. The second kappa shape index (κ2) is 21.5. The fourth-order valence-corrected chi connectivity index (χ4v) is 7.79. The molecular formula is C40H65FN4O8. The van der Waals surface area contributed by atoms with Crippen LogP contribution < -0.4 is 10.6 Å². The van der Waals surface area contributed by atoms with Gasteiger partial charge in [0, 0.05) is 46.6 Å². The van der Waals surface area contributed by atoms with Crippen molar-refractivity contribution in [2.45, 2.75) is 123 Å². The number of carbonyl (C=O) groups excluding carboxylic acids is 4. The number of ether oxygens (including phenoxy) is 2. The number of aliphatic carboxylic acids is 1. The lowest BCUT2D eigenvalue weighted by Gasteiger charge is -2.41. The summed E-state index contributed by atoms with van der Waals surface area (Å²) in [4.78, 5) is 70.5. The third-order valence-electron chi connectivity index (χ3n) is 11.1. The first-order valence-corrected chi connectivity index (χ1v) is 19.0. The molecule has 0 aliphatic carbocycles. The van der Waals surface area contributed by atoms with Gasteiger partial charge in [0.05, 0.1) is 42.7 Å². The highest BCUT2D eigenvalue weighted by Gasteiger charge is 2.43. The number of carboxylic acid groups (broad SMARTS) is 1. The first-order chi connectivity index (χ1) is 24.9. The first-order valence-electron chi connectivity index (χ1n) is 19.0. The average molecular weight is 749 g/mol. The molecule has 0 radical (unpaired) electrons. The first kappa shape index (κ1) is 45.7. The number of Topliss-reactive ketones (excluding diaryl/α,β-unsaturated/α-hetero) is 1. The van der Waals surface area contributed by atoms with E-state index in [0.29, 0.717) is 24.9 Å². The summed E-state index contributed by atoms with van der Waals surface area (Å²) in [6, 6.07) is 2.99. The van der Waals surface area contributed by atoms with E-state index in [1.54, 1.807) is 36.9 Å². The molecule has 0 aromatic heterocycles. The fourth-order valence-electron chi connectivity index (χ4n) is 7.79. The van der Waals surface area contributed by atoms with E-state index in [-0.39, 0.29) is 60.7 Å². The van der Waals surface area contributed by atoms with Crippen LogP contribution in [0.4, 0.5) is 4.39 Å². The molecule has 1 heterocycles. The summed E-state index contributed by atoms with van der Waals surface area (Å²) in [6.45, 7) is 13.9. The van der Waals surface area contributed by atoms with Crippen molar-refractivity contribution in [2.75, 3.05) is 34.9 Å². The van der Waals surface area contributed by atoms with Crippen LogP contribution in [0.1, 0.15) is 86.1 Å². The number of nitrogens with zero attached hydrogens (tertiary/aromatic N) is 2. The van der Waals surface area contributed by atoms with Crippen LogP contribution >= 0.6 is 0 Å². The van der Waals surface area contributed by atoms with E-state index in [1.165, 1.54) is 32.4 Å². The molecule has 9 atom stereocenters. The molecule has 1 saturated heterocycles. The van der Waals surface area contributed by atoms with E-state index < -0.39 is 59.9 Å². The van der Waals surface area contributed by atoms with Crippen molar-refractivity contribution in [3.05, 3.63) is 35.6 Å². The molecule has 3 amide bonds. The van der Waals surface area contributed by atoms with Crippen molar-refractivity contribution in [1.29, 1.82) is 0 Å². The van der Waals surface area contributed by atoms with E-state index in [0.717, 1.165) is 6.42 Å². The number of rotatable bonds is 22. The molecule has 0 saturated carbocycles. The minimum absolute atomic E-state index is 0.0118. The Morgan fingerprint density at radius 2 is 1.68 bits per heavy atom. The number of likely N-dealkylation sites (N-methyl/N-ethyl adjacent to an activating group) is 2. The highest BCUT2D eigenvalue weighted by molar-refractivity contribution is 5.90. The van der Waals surface area contributed by atoms with Crippen LogP contribution in [0.2, 0.25) is 0 Å². The van der Waals surface area contributed by atoms with E-state index in [1.807, 2.05) is 41.5 Å². The van der Waals surface area contributed by atoms with Crippen molar-refractivity contribution in [2.24, 2.45) is 29.6 Å². The Labute approximate surface area is 315 Å². The number of benzene rings is 1. The molecule has 53 heavy (non-hydrogen) atoms. The number of nitrogens with one attached hydrogen (secondary N) is 2. The van der Waals surface area contributed by atoms with Crippen LogP contribution in [-0.4, -0.2) is 116 Å². The lowest BCUT2D eigenvalue weighted by molar-refractivity contribution is -0.149. The average Bonchev–Trinajstić information content (AvgIpc) is 3.59. The lowest BCUT2D eigenvalue weighted by Crippen LogP contribution is -2.55. The normalized spacial score (nSPS) is 19.2. The molecule has 300 valence electrons. The lowest BCUT2D eigenvalue weighted by atomic mass is 9.84. The predicted octanol–water partition coefficient (Wildman–Crippen LogP) is 4.33. The number of carbonyl (C=O) groups is 5. The van der Waals surface area contributed by atoms with Crippen molar-refractivity contribution < 1.29 is 42.9 Å². The maximum atomic E-state index is 14.2. The summed E-state index contributed by atoms with van der Waals surface area (Å²) in [6.07, 6.45) is 0.561. The number of likely N-dealkylation sites (tertiary alicyclic amines) is 1. The van der Waals surface area contributed by atoms with Crippen molar-refractivity contribution in [3.63, 3.8) is 0 Å². The fraction of sp³-hybridized carbons (Fsp3) is 0.725. The van der Waals surface area contributed by atoms with Gasteiger partial charge in [-0.3, -0.25) is 19.2 Å². The van der Waals surface area contributed by atoms with Crippen LogP contribution in [0.3, 0.4) is 0 Å². The minimum Gasteiger partial charge on any atom is -0.480 e. The molecule has 2 rings (SSSR count). The van der Waals surface area contributed by atoms with Gasteiger partial charge in [-0.25, -0.2) is 9.18 Å². The second-order valence-electron chi connectivity index (χ2n) is 15.4. The Balaban J connectivity index is 2.27. The van der Waals surface area contributed by atoms with E-state index in [4.69, 9.17) is 9.47 Å². The second-order valence-corrected chi connectivity index (χ2v) is 15.4. The standard InChI is InChI=1S/C40H65FN4O8/c1-12-25(6)36(44(9)39(49)29(23(2)3)21-32(46)35(42-8)24(4)5)33(52-10)22-34(47)45-18-14-17-31(45)37(53-11)26(7)38(48)43-30(40(50)51)20-27-15-13-16-28(41)19-27/h13,15-16,19,23-26,29-31,33,35-37,42H,12,14,17-18,20-22H2,1-11H3,(H,43,48)(H,50,51)/t25-,26+,29-,30-,31-,33+,35-,36-,37+/m0/s1. The Bertz CT molecular complexity index is 1380. The van der Waals surface area contributed by atoms with Gasteiger partial charge in [0.2, 0.25) is 17.7 Å². The summed E-state index contributed by atoms with van der Waals surface area (Å²) >= 11 is 0. The molecule has 0 unspecified atom stereocenters. The highest BCUT2D eigenvalue weighted by atomic mass is 19.1. The van der Waals surface area contributed by atoms with Gasteiger partial charge >= 0.3 is 5.97 Å². The Morgan fingerprint density at radius 3 is 2.19 bits per heavy atom. The zero-order valence-electron chi connectivity index (χ0n) is 33.7. The van der Waals surface area contributed by atoms with Crippen LogP contribution in [-0.2, 0) is 39.9 Å². The van der Waals surface area contributed by atoms with Crippen LogP contribution in [0.5, 0.6) is 0 Å². The summed E-state index contributed by atoms with van der Waals surface area (Å²) in [5.74, 6) is -4.13. The summed E-state index contributed by atoms with van der Waals surface area (Å²) in [7, 11) is 6.47. The van der Waals surface area contributed by atoms with Gasteiger partial charge in [0.25, 0.3) is 0 Å². The topological polar surface area (TPSA) is 155 Å². The monoisotopic (exact) mass is 748 g/mol. The van der Waals surface area contributed by atoms with Gasteiger partial charge in [-0.15, -0.1) is 0 Å². The van der Waals surface area contributed by atoms with Gasteiger partial charge in [0.1, 0.15) is 11.9 Å². The summed E-state index contributed by atoms with van der Waals surface area (Å²) in [5, 5.41) is 15.5. The third-order valence-corrected chi connectivity index (χ3v) is 11.1.